The van der Waals surface area contributed by atoms with E-state index in [1.807, 2.05) is 97.3 Å². The summed E-state index contributed by atoms with van der Waals surface area (Å²) in [6, 6.07) is 31.6. The normalized spacial score (nSPS) is 14.3. The summed E-state index contributed by atoms with van der Waals surface area (Å²) in [5.74, 6) is 0.0248. The molecule has 0 saturated carbocycles. The predicted octanol–water partition coefficient (Wildman–Crippen LogP) is 6.87. The number of hydrogen-bond donors (Lipinski definition) is 0. The third kappa shape index (κ3) is 6.74. The Bertz CT molecular complexity index is 2220. The molecule has 2 heterocycles. The van der Waals surface area contributed by atoms with Crippen molar-refractivity contribution in [1.29, 1.82) is 5.26 Å². The summed E-state index contributed by atoms with van der Waals surface area (Å²) in [6.45, 7) is 2.12. The van der Waals surface area contributed by atoms with Crippen molar-refractivity contribution >= 4 is 56.8 Å². The van der Waals surface area contributed by atoms with E-state index in [-0.39, 0.29) is 18.8 Å². The number of benzene rings is 4. The molecule has 47 heavy (non-hydrogen) atoms. The number of fused-ring (bicyclic) bond motifs is 1. The summed E-state index contributed by atoms with van der Waals surface area (Å²) in [7, 11) is 0. The van der Waals surface area contributed by atoms with Gasteiger partial charge in [0.25, 0.3) is 5.56 Å². The molecule has 1 aliphatic heterocycles. The van der Waals surface area contributed by atoms with Gasteiger partial charge in [-0.2, -0.15) is 5.26 Å². The number of carbonyl (C=O) groups is 1. The summed E-state index contributed by atoms with van der Waals surface area (Å²) < 4.78 is 14.6. The molecule has 0 aliphatic carbocycles. The highest BCUT2D eigenvalue weighted by molar-refractivity contribution is 9.10. The molecule has 5 aromatic rings. The van der Waals surface area contributed by atoms with Crippen LogP contribution in [-0.2, 0) is 16.1 Å². The fraction of sp³-hybridized carbons (Fsp3) is 0.135. The topological polar surface area (TPSA) is 93.7 Å². The third-order valence-electron chi connectivity index (χ3n) is 7.58. The first-order chi connectivity index (χ1) is 22.9. The first-order valence-corrected chi connectivity index (χ1v) is 17.6. The number of nitriles is 1. The lowest BCUT2D eigenvalue weighted by Crippen LogP contribution is -2.40. The zero-order valence-corrected chi connectivity index (χ0v) is 28.7. The van der Waals surface area contributed by atoms with Crippen molar-refractivity contribution in [1.82, 2.24) is 4.57 Å². The van der Waals surface area contributed by atoms with Gasteiger partial charge in [-0.3, -0.25) is 9.36 Å². The number of aromatic nitrogens is 1. The van der Waals surface area contributed by atoms with E-state index in [1.54, 1.807) is 35.4 Å². The van der Waals surface area contributed by atoms with Gasteiger partial charge < -0.3 is 9.47 Å². The van der Waals surface area contributed by atoms with Crippen molar-refractivity contribution in [2.24, 2.45) is 4.99 Å². The number of esters is 1. The molecule has 0 amide bonds. The molecule has 0 N–H and O–H groups in total. The Morgan fingerprint density at radius 3 is 2.53 bits per heavy atom. The first kappa shape index (κ1) is 32.3. The van der Waals surface area contributed by atoms with E-state index in [9.17, 15) is 14.9 Å². The largest absolute Gasteiger partial charge is 0.488 e. The van der Waals surface area contributed by atoms with Crippen LogP contribution in [0.25, 0.3) is 11.8 Å². The second kappa shape index (κ2) is 14.4. The Hall–Kier alpha value is -4.69. The number of carbonyl (C=O) groups excluding carboxylic acids is 1. The minimum absolute atomic E-state index is 0.178. The number of rotatable bonds is 9. The molecule has 0 fully saturated rings. The standard InChI is InChI=1S/C37H28BrN3O4S2/c1-3-44-36(43)32-33(23-9-5-4-6-10-23)40-37-41(34(32)24-13-16-29(46-2)17-14-24)35(42)31(47-37)20-27-19-28(38)15-18-30(27)45-22-26-12-8-7-11-25(26)21-39/h4-20,34H,3,22H2,1-2H3/b31-20-/t34-/m1/s1. The van der Waals surface area contributed by atoms with Gasteiger partial charge in [-0.1, -0.05) is 87.9 Å². The molecule has 1 aromatic heterocycles. The van der Waals surface area contributed by atoms with Gasteiger partial charge in [0.15, 0.2) is 4.80 Å². The highest BCUT2D eigenvalue weighted by Gasteiger charge is 2.35. The number of nitrogens with zero attached hydrogens (tertiary/aromatic N) is 3. The number of thiazole rings is 1. The van der Waals surface area contributed by atoms with Crippen molar-refractivity contribution < 1.29 is 14.3 Å². The average Bonchev–Trinajstić information content (AvgIpc) is 3.41. The maximum Gasteiger partial charge on any atom is 0.338 e. The zero-order valence-electron chi connectivity index (χ0n) is 25.5. The Balaban J connectivity index is 1.54. The molecular formula is C37H28BrN3O4S2. The fourth-order valence-corrected chi connectivity index (χ4v) is 7.14. The molecule has 0 unspecified atom stereocenters. The van der Waals surface area contributed by atoms with E-state index < -0.39 is 12.0 Å². The van der Waals surface area contributed by atoms with Crippen LogP contribution in [-0.4, -0.2) is 23.4 Å². The Morgan fingerprint density at radius 1 is 1.06 bits per heavy atom. The fourth-order valence-electron chi connectivity index (χ4n) is 5.36. The van der Waals surface area contributed by atoms with E-state index in [0.717, 1.165) is 26.1 Å². The van der Waals surface area contributed by atoms with Crippen molar-refractivity contribution in [2.75, 3.05) is 12.9 Å². The molecule has 7 nitrogen and oxygen atoms in total. The molecular weight excluding hydrogens is 694 g/mol. The van der Waals surface area contributed by atoms with Crippen LogP contribution >= 0.6 is 39.0 Å². The third-order valence-corrected chi connectivity index (χ3v) is 9.80. The van der Waals surface area contributed by atoms with Gasteiger partial charge in [-0.15, -0.1) is 11.8 Å². The van der Waals surface area contributed by atoms with Crippen LogP contribution in [0.5, 0.6) is 5.75 Å². The van der Waals surface area contributed by atoms with Crippen LogP contribution in [0.4, 0.5) is 0 Å². The molecule has 1 aliphatic rings. The van der Waals surface area contributed by atoms with Crippen LogP contribution in [0.1, 0.15) is 40.8 Å². The molecule has 0 radical (unpaired) electrons. The van der Waals surface area contributed by atoms with Crippen LogP contribution in [0.15, 0.2) is 122 Å². The predicted molar refractivity (Wildman–Crippen MR) is 189 cm³/mol. The lowest BCUT2D eigenvalue weighted by molar-refractivity contribution is -0.138. The van der Waals surface area contributed by atoms with Gasteiger partial charge in [0.05, 0.1) is 40.1 Å². The lowest BCUT2D eigenvalue weighted by Gasteiger charge is -2.26. The molecule has 4 aromatic carbocycles. The van der Waals surface area contributed by atoms with Crippen molar-refractivity contribution in [3.05, 3.63) is 155 Å². The number of thioether (sulfide) groups is 1. The summed E-state index contributed by atoms with van der Waals surface area (Å²) in [5, 5.41) is 9.52. The van der Waals surface area contributed by atoms with Crippen LogP contribution in [0.2, 0.25) is 0 Å². The van der Waals surface area contributed by atoms with Crippen molar-refractivity contribution in [2.45, 2.75) is 24.5 Å². The van der Waals surface area contributed by atoms with E-state index >= 15 is 0 Å². The number of ether oxygens (including phenoxy) is 2. The molecule has 0 spiro atoms. The smallest absolute Gasteiger partial charge is 0.338 e. The van der Waals surface area contributed by atoms with E-state index in [1.165, 1.54) is 11.3 Å². The van der Waals surface area contributed by atoms with Crippen LogP contribution in [0.3, 0.4) is 0 Å². The van der Waals surface area contributed by atoms with Gasteiger partial charge in [0.2, 0.25) is 0 Å². The summed E-state index contributed by atoms with van der Waals surface area (Å²) in [4.78, 5) is 34.5. The minimum atomic E-state index is -0.765. The molecule has 6 rings (SSSR count). The van der Waals surface area contributed by atoms with Gasteiger partial charge in [-0.05, 0) is 61.2 Å². The van der Waals surface area contributed by atoms with Gasteiger partial charge >= 0.3 is 5.97 Å². The van der Waals surface area contributed by atoms with Crippen LogP contribution in [0, 0.1) is 11.3 Å². The number of hydrogen-bond acceptors (Lipinski definition) is 8. The Kier molecular flexibility index (Phi) is 9.87. The summed E-state index contributed by atoms with van der Waals surface area (Å²) in [6.07, 6.45) is 3.78. The second-order valence-corrected chi connectivity index (χ2v) is 13.2. The summed E-state index contributed by atoms with van der Waals surface area (Å²) in [5.41, 5.74) is 3.97. The average molecular weight is 723 g/mol. The zero-order chi connectivity index (χ0) is 32.9. The maximum absolute atomic E-state index is 14.4. The lowest BCUT2D eigenvalue weighted by atomic mass is 9.93. The van der Waals surface area contributed by atoms with E-state index in [0.29, 0.717) is 37.5 Å². The van der Waals surface area contributed by atoms with Crippen molar-refractivity contribution in [3.63, 3.8) is 0 Å². The Labute approximate surface area is 288 Å². The van der Waals surface area contributed by atoms with Gasteiger partial charge in [0.1, 0.15) is 12.4 Å². The second-order valence-electron chi connectivity index (χ2n) is 10.4. The highest BCUT2D eigenvalue weighted by Crippen LogP contribution is 2.36. The maximum atomic E-state index is 14.4. The monoisotopic (exact) mass is 721 g/mol. The van der Waals surface area contributed by atoms with Gasteiger partial charge in [-0.25, -0.2) is 9.79 Å². The highest BCUT2D eigenvalue weighted by atomic mass is 79.9. The summed E-state index contributed by atoms with van der Waals surface area (Å²) >= 11 is 6.41. The molecule has 1 atom stereocenters. The molecule has 0 saturated heterocycles. The molecule has 10 heteroatoms. The number of halogens is 1. The Morgan fingerprint density at radius 2 is 1.81 bits per heavy atom. The molecule has 0 bridgehead atoms. The minimum Gasteiger partial charge on any atom is -0.488 e. The van der Waals surface area contributed by atoms with Gasteiger partial charge in [0, 0.05) is 26.1 Å². The first-order valence-electron chi connectivity index (χ1n) is 14.7. The SMILES string of the molecule is CCOC(=O)C1=C(c2ccccc2)N=c2s/c(=C\c3cc(Br)ccc3OCc3ccccc3C#N)c(=O)n2[C@@H]1c1ccc(SC)cc1. The van der Waals surface area contributed by atoms with Crippen LogP contribution < -0.4 is 19.6 Å². The van der Waals surface area contributed by atoms with E-state index in [2.05, 4.69) is 22.0 Å². The quantitative estimate of drug-likeness (QED) is 0.122. The van der Waals surface area contributed by atoms with E-state index in [4.69, 9.17) is 14.5 Å². The van der Waals surface area contributed by atoms with Crippen molar-refractivity contribution in [3.8, 4) is 11.8 Å². The molecule has 234 valence electrons.